The Balaban J connectivity index is 2.50. The Hall–Kier alpha value is -2.43. The minimum absolute atomic E-state index is 0.00807. The van der Waals surface area contributed by atoms with E-state index in [1.807, 2.05) is 0 Å². The van der Waals surface area contributed by atoms with Crippen LogP contribution in [0.5, 0.6) is 0 Å². The Morgan fingerprint density at radius 2 is 1.08 bits per heavy atom. The maximum atomic E-state index is 14.2. The number of hydrogen-bond donors (Lipinski definition) is 0. The zero-order chi connectivity index (χ0) is 28.3. The fraction of sp³-hybridized carbons (Fsp3) is 0.611. The molecule has 36 heavy (non-hydrogen) atoms. The van der Waals surface area contributed by atoms with Crippen molar-refractivity contribution in [3.8, 4) is 0 Å². The Morgan fingerprint density at radius 1 is 0.667 bits per heavy atom. The first-order valence-corrected chi connectivity index (χ1v) is 9.22. The van der Waals surface area contributed by atoms with Gasteiger partial charge in [-0.05, 0) is 17.5 Å². The first kappa shape index (κ1) is 29.8. The summed E-state index contributed by atoms with van der Waals surface area (Å²) in [6.07, 6.45) is -6.25. The van der Waals surface area contributed by atoms with E-state index < -0.39 is 66.9 Å². The van der Waals surface area contributed by atoms with Crippen LogP contribution in [0.2, 0.25) is 0 Å². The number of fused-ring (bicyclic) bond motifs is 1. The van der Waals surface area contributed by atoms with Crippen LogP contribution in [0.15, 0.2) is 24.3 Å². The molecule has 1 aliphatic rings. The van der Waals surface area contributed by atoms with Crippen molar-refractivity contribution < 1.29 is 75.0 Å². The highest BCUT2D eigenvalue weighted by Gasteiger charge is 2.94. The Kier molecular flexibility index (Phi) is 7.09. The largest absolute Gasteiger partial charge is 0.392 e. The van der Waals surface area contributed by atoms with Gasteiger partial charge in [-0.2, -0.15) is 61.5 Å². The molecule has 0 saturated carbocycles. The van der Waals surface area contributed by atoms with Crippen LogP contribution in [0.4, 0.5) is 70.2 Å². The lowest BCUT2D eigenvalue weighted by Gasteiger charge is -2.43. The molecular weight excluding hydrogens is 550 g/mol. The van der Waals surface area contributed by atoms with Gasteiger partial charge in [-0.25, -0.2) is 8.78 Å². The zero-order valence-electron chi connectivity index (χ0n) is 16.9. The van der Waals surface area contributed by atoms with Gasteiger partial charge in [-0.15, -0.1) is 0 Å². The lowest BCUT2D eigenvalue weighted by molar-refractivity contribution is -0.444. The minimum Gasteiger partial charge on any atom is -0.333 e. The molecule has 1 amide bonds. The standard InChI is InChI=1S/C18H11F16NO/c19-10(20)12(21,22)14(25,26)16(29,30)18(33,34)17(31,32)15(27,28)13(23,24)11(36)35-6-5-8-3-1-2-4-9(8)7-35/h1-4,10H,5-7H2. The SMILES string of the molecule is O=C(N1CCc2ccccc2C1)C(F)(F)C(F)(F)C(F)(F)C(F)(F)C(F)(F)C(F)(F)C(F)(F)C(F)F. The number of amides is 1. The summed E-state index contributed by atoms with van der Waals surface area (Å²) in [5.41, 5.74) is 0.379. The summed E-state index contributed by atoms with van der Waals surface area (Å²) in [7, 11) is 0. The fourth-order valence-electron chi connectivity index (χ4n) is 3.14. The number of carbonyl (C=O) groups excluding carboxylic acids is 1. The molecule has 206 valence electrons. The van der Waals surface area contributed by atoms with Crippen molar-refractivity contribution in [2.45, 2.75) is 60.8 Å². The summed E-state index contributed by atoms with van der Waals surface area (Å²) in [6, 6.07) is 5.25. The van der Waals surface area contributed by atoms with Crippen molar-refractivity contribution in [2.24, 2.45) is 0 Å². The lowest BCUT2D eigenvalue weighted by atomic mass is 9.88. The number of nitrogens with zero attached hydrogens (tertiary/aromatic N) is 1. The van der Waals surface area contributed by atoms with Crippen LogP contribution in [0.25, 0.3) is 0 Å². The Bertz CT molecular complexity index is 989. The summed E-state index contributed by atoms with van der Waals surface area (Å²) in [5.74, 6) is -59.2. The molecule has 0 unspecified atom stereocenters. The number of carbonyl (C=O) groups is 1. The van der Waals surface area contributed by atoms with Gasteiger partial charge in [0.25, 0.3) is 5.91 Å². The molecule has 0 saturated heterocycles. The molecule has 18 heteroatoms. The van der Waals surface area contributed by atoms with Gasteiger partial charge in [-0.3, -0.25) is 4.79 Å². The van der Waals surface area contributed by atoms with Crippen molar-refractivity contribution in [1.29, 1.82) is 0 Å². The van der Waals surface area contributed by atoms with E-state index in [-0.39, 0.29) is 16.9 Å². The van der Waals surface area contributed by atoms with Crippen LogP contribution in [-0.2, 0) is 17.8 Å². The highest BCUT2D eigenvalue weighted by Crippen LogP contribution is 2.62. The summed E-state index contributed by atoms with van der Waals surface area (Å²) in [6.45, 7) is -1.87. The molecule has 1 heterocycles. The molecular formula is C18H11F16NO. The van der Waals surface area contributed by atoms with Gasteiger partial charge in [0.05, 0.1) is 0 Å². The molecule has 0 radical (unpaired) electrons. The second-order valence-electron chi connectivity index (χ2n) is 7.62. The molecule has 0 fully saturated rings. The summed E-state index contributed by atoms with van der Waals surface area (Å²) in [4.78, 5) is 11.7. The van der Waals surface area contributed by atoms with E-state index in [4.69, 9.17) is 0 Å². The van der Waals surface area contributed by atoms with Crippen LogP contribution in [0.3, 0.4) is 0 Å². The number of rotatable bonds is 8. The predicted molar refractivity (Wildman–Crippen MR) is 86.2 cm³/mol. The van der Waals surface area contributed by atoms with Crippen molar-refractivity contribution in [3.05, 3.63) is 35.4 Å². The highest BCUT2D eigenvalue weighted by molar-refractivity contribution is 5.85. The minimum atomic E-state index is -8.52. The van der Waals surface area contributed by atoms with Gasteiger partial charge in [-0.1, -0.05) is 24.3 Å². The average molecular weight is 561 g/mol. The van der Waals surface area contributed by atoms with Crippen LogP contribution in [0.1, 0.15) is 11.1 Å². The van der Waals surface area contributed by atoms with E-state index in [1.165, 1.54) is 24.3 Å². The topological polar surface area (TPSA) is 20.3 Å². The molecule has 0 spiro atoms. The molecule has 2 rings (SSSR count). The van der Waals surface area contributed by atoms with E-state index in [0.29, 0.717) is 5.56 Å². The highest BCUT2D eigenvalue weighted by atomic mass is 19.4. The van der Waals surface area contributed by atoms with Crippen molar-refractivity contribution in [3.63, 3.8) is 0 Å². The second-order valence-corrected chi connectivity index (χ2v) is 7.62. The van der Waals surface area contributed by atoms with Crippen LogP contribution < -0.4 is 0 Å². The molecule has 0 atom stereocenters. The van der Waals surface area contributed by atoms with E-state index in [1.54, 1.807) is 0 Å². The van der Waals surface area contributed by atoms with Gasteiger partial charge in [0, 0.05) is 13.1 Å². The second kappa shape index (κ2) is 8.56. The lowest BCUT2D eigenvalue weighted by Crippen LogP contribution is -2.74. The Labute approximate surface area is 189 Å². The van der Waals surface area contributed by atoms with E-state index in [9.17, 15) is 75.0 Å². The molecule has 1 aliphatic heterocycles. The quantitative estimate of drug-likeness (QED) is 0.342. The molecule has 0 bridgehead atoms. The summed E-state index contributed by atoms with van der Waals surface area (Å²) in [5, 5.41) is 0. The first-order valence-electron chi connectivity index (χ1n) is 9.22. The summed E-state index contributed by atoms with van der Waals surface area (Å²) < 4.78 is 215. The predicted octanol–water partition coefficient (Wildman–Crippen LogP) is 6.28. The number of benzene rings is 1. The van der Waals surface area contributed by atoms with Gasteiger partial charge >= 0.3 is 47.9 Å². The van der Waals surface area contributed by atoms with E-state index in [0.717, 1.165) is 0 Å². The third-order valence-corrected chi connectivity index (χ3v) is 5.35. The van der Waals surface area contributed by atoms with Crippen molar-refractivity contribution >= 4 is 5.91 Å². The van der Waals surface area contributed by atoms with Gasteiger partial charge < -0.3 is 4.90 Å². The molecule has 2 nitrogen and oxygen atoms in total. The number of halogens is 16. The smallest absolute Gasteiger partial charge is 0.333 e. The van der Waals surface area contributed by atoms with Crippen molar-refractivity contribution in [1.82, 2.24) is 4.90 Å². The fourth-order valence-corrected chi connectivity index (χ4v) is 3.14. The van der Waals surface area contributed by atoms with Crippen LogP contribution >= 0.6 is 0 Å². The van der Waals surface area contributed by atoms with Crippen LogP contribution in [-0.4, -0.2) is 65.2 Å². The van der Waals surface area contributed by atoms with E-state index in [2.05, 4.69) is 0 Å². The first-order chi connectivity index (χ1) is 15.9. The van der Waals surface area contributed by atoms with Crippen molar-refractivity contribution in [2.75, 3.05) is 6.54 Å². The van der Waals surface area contributed by atoms with Gasteiger partial charge in [0.2, 0.25) is 0 Å². The van der Waals surface area contributed by atoms with Gasteiger partial charge in [0.15, 0.2) is 0 Å². The third kappa shape index (κ3) is 3.85. The Morgan fingerprint density at radius 3 is 1.56 bits per heavy atom. The zero-order valence-corrected chi connectivity index (χ0v) is 16.9. The van der Waals surface area contributed by atoms with Crippen LogP contribution in [0, 0.1) is 0 Å². The molecule has 0 aliphatic carbocycles. The molecule has 1 aromatic rings. The van der Waals surface area contributed by atoms with E-state index >= 15 is 0 Å². The maximum Gasteiger partial charge on any atom is 0.392 e. The number of hydrogen-bond acceptors (Lipinski definition) is 1. The maximum absolute atomic E-state index is 14.2. The third-order valence-electron chi connectivity index (χ3n) is 5.35. The number of alkyl halides is 16. The monoisotopic (exact) mass is 561 g/mol. The summed E-state index contributed by atoms with van der Waals surface area (Å²) >= 11 is 0. The molecule has 1 aromatic carbocycles. The normalized spacial score (nSPS) is 16.9. The van der Waals surface area contributed by atoms with Gasteiger partial charge in [0.1, 0.15) is 0 Å². The molecule has 0 aromatic heterocycles. The average Bonchev–Trinajstić information content (AvgIpc) is 2.77. The molecule has 0 N–H and O–H groups in total.